The highest BCUT2D eigenvalue weighted by molar-refractivity contribution is 9.10. The van der Waals surface area contributed by atoms with Crippen molar-refractivity contribution in [3.8, 4) is 11.5 Å². The van der Waals surface area contributed by atoms with Gasteiger partial charge >= 0.3 is 0 Å². The maximum absolute atomic E-state index is 13.4. The summed E-state index contributed by atoms with van der Waals surface area (Å²) in [4.78, 5) is 3.98. The molecule has 0 saturated heterocycles. The molecule has 0 aliphatic heterocycles. The summed E-state index contributed by atoms with van der Waals surface area (Å²) in [6.45, 7) is 0.277. The Kier molecular flexibility index (Phi) is 4.15. The molecule has 0 radical (unpaired) electrons. The molecular formula is C13H11BrFNO2. The summed E-state index contributed by atoms with van der Waals surface area (Å²) in [5.74, 6) is 0.453. The standard InChI is InChI=1S/C13H11BrFNO2/c1-17-13-3-2-9(4-12(13)15)8-18-11-5-10(14)6-16-7-11/h2-7H,8H2,1H3. The molecule has 0 bridgehead atoms. The number of rotatable bonds is 4. The van der Waals surface area contributed by atoms with Crippen LogP contribution in [0.1, 0.15) is 5.56 Å². The van der Waals surface area contributed by atoms with Gasteiger partial charge in [0.2, 0.25) is 0 Å². The van der Waals surface area contributed by atoms with Gasteiger partial charge in [0.25, 0.3) is 0 Å². The number of hydrogen-bond donors (Lipinski definition) is 0. The lowest BCUT2D eigenvalue weighted by Gasteiger charge is -2.07. The highest BCUT2D eigenvalue weighted by atomic mass is 79.9. The fourth-order valence-electron chi connectivity index (χ4n) is 1.44. The van der Waals surface area contributed by atoms with Crippen LogP contribution in [-0.2, 0) is 6.61 Å². The van der Waals surface area contributed by atoms with Crippen LogP contribution >= 0.6 is 15.9 Å². The molecule has 0 saturated carbocycles. The van der Waals surface area contributed by atoms with Crippen LogP contribution in [0.2, 0.25) is 0 Å². The van der Waals surface area contributed by atoms with Crippen LogP contribution in [0.5, 0.6) is 11.5 Å². The molecule has 0 fully saturated rings. The first-order valence-electron chi connectivity index (χ1n) is 5.25. The quantitative estimate of drug-likeness (QED) is 0.865. The first-order valence-corrected chi connectivity index (χ1v) is 6.04. The number of nitrogens with zero attached hydrogens (tertiary/aromatic N) is 1. The van der Waals surface area contributed by atoms with E-state index in [0.717, 1.165) is 10.0 Å². The molecule has 3 nitrogen and oxygen atoms in total. The average molecular weight is 312 g/mol. The van der Waals surface area contributed by atoms with Gasteiger partial charge in [-0.2, -0.15) is 0 Å². The van der Waals surface area contributed by atoms with Crippen LogP contribution in [0, 0.1) is 5.82 Å². The molecular weight excluding hydrogens is 301 g/mol. The SMILES string of the molecule is COc1ccc(COc2cncc(Br)c2)cc1F. The van der Waals surface area contributed by atoms with E-state index in [-0.39, 0.29) is 12.4 Å². The van der Waals surface area contributed by atoms with Gasteiger partial charge in [-0.3, -0.25) is 4.98 Å². The molecule has 1 aromatic carbocycles. The Hall–Kier alpha value is -1.62. The van der Waals surface area contributed by atoms with Gasteiger partial charge in [0.05, 0.1) is 13.3 Å². The zero-order valence-corrected chi connectivity index (χ0v) is 11.3. The number of aromatic nitrogens is 1. The molecule has 2 aromatic rings. The van der Waals surface area contributed by atoms with E-state index in [1.54, 1.807) is 30.6 Å². The predicted octanol–water partition coefficient (Wildman–Crippen LogP) is 3.57. The van der Waals surface area contributed by atoms with Crippen molar-refractivity contribution in [2.24, 2.45) is 0 Å². The van der Waals surface area contributed by atoms with Crippen LogP contribution in [0.25, 0.3) is 0 Å². The van der Waals surface area contributed by atoms with E-state index < -0.39 is 5.82 Å². The molecule has 0 N–H and O–H groups in total. The van der Waals surface area contributed by atoms with E-state index in [2.05, 4.69) is 20.9 Å². The topological polar surface area (TPSA) is 31.4 Å². The fourth-order valence-corrected chi connectivity index (χ4v) is 1.78. The Bertz CT molecular complexity index is 548. The molecule has 2 rings (SSSR count). The van der Waals surface area contributed by atoms with Crippen molar-refractivity contribution in [2.75, 3.05) is 7.11 Å². The maximum atomic E-state index is 13.4. The van der Waals surface area contributed by atoms with Crippen LogP contribution in [-0.4, -0.2) is 12.1 Å². The van der Waals surface area contributed by atoms with E-state index in [4.69, 9.17) is 9.47 Å². The first kappa shape index (κ1) is 12.8. The Labute approximate surface area is 113 Å². The van der Waals surface area contributed by atoms with E-state index in [1.165, 1.54) is 13.2 Å². The molecule has 0 atom stereocenters. The van der Waals surface area contributed by atoms with Crippen molar-refractivity contribution in [3.05, 3.63) is 52.5 Å². The third kappa shape index (κ3) is 3.20. The molecule has 1 aromatic heterocycles. The van der Waals surface area contributed by atoms with Crippen LogP contribution in [0.15, 0.2) is 41.1 Å². The number of methoxy groups -OCH3 is 1. The van der Waals surface area contributed by atoms with Gasteiger partial charge in [-0.15, -0.1) is 0 Å². The summed E-state index contributed by atoms with van der Waals surface area (Å²) >= 11 is 3.30. The van der Waals surface area contributed by atoms with Crippen molar-refractivity contribution < 1.29 is 13.9 Å². The Balaban J connectivity index is 2.04. The fraction of sp³-hybridized carbons (Fsp3) is 0.154. The van der Waals surface area contributed by atoms with Crippen molar-refractivity contribution in [1.82, 2.24) is 4.98 Å². The number of ether oxygens (including phenoxy) is 2. The zero-order valence-electron chi connectivity index (χ0n) is 9.69. The second-order valence-electron chi connectivity index (χ2n) is 3.60. The van der Waals surface area contributed by atoms with E-state index in [1.807, 2.05) is 0 Å². The van der Waals surface area contributed by atoms with Gasteiger partial charge in [0.1, 0.15) is 12.4 Å². The Morgan fingerprint density at radius 3 is 2.78 bits per heavy atom. The van der Waals surface area contributed by atoms with Gasteiger partial charge in [-0.25, -0.2) is 4.39 Å². The number of hydrogen-bond acceptors (Lipinski definition) is 3. The highest BCUT2D eigenvalue weighted by Crippen LogP contribution is 2.20. The van der Waals surface area contributed by atoms with Crippen molar-refractivity contribution in [2.45, 2.75) is 6.61 Å². The molecule has 94 valence electrons. The van der Waals surface area contributed by atoms with Crippen LogP contribution in [0.3, 0.4) is 0 Å². The summed E-state index contributed by atoms with van der Waals surface area (Å²) < 4.78 is 24.6. The third-order valence-corrected chi connectivity index (χ3v) is 2.74. The lowest BCUT2D eigenvalue weighted by Crippen LogP contribution is -1.97. The average Bonchev–Trinajstić information content (AvgIpc) is 2.37. The lowest BCUT2D eigenvalue weighted by molar-refractivity contribution is 0.303. The van der Waals surface area contributed by atoms with Crippen molar-refractivity contribution >= 4 is 15.9 Å². The largest absolute Gasteiger partial charge is 0.494 e. The molecule has 5 heteroatoms. The minimum atomic E-state index is -0.397. The van der Waals surface area contributed by atoms with Gasteiger partial charge in [-0.05, 0) is 39.7 Å². The summed E-state index contributed by atoms with van der Waals surface area (Å²) in [6, 6.07) is 6.53. The van der Waals surface area contributed by atoms with Gasteiger partial charge in [0, 0.05) is 10.7 Å². The van der Waals surface area contributed by atoms with Gasteiger partial charge in [-0.1, -0.05) is 6.07 Å². The van der Waals surface area contributed by atoms with Crippen molar-refractivity contribution in [1.29, 1.82) is 0 Å². The lowest BCUT2D eigenvalue weighted by atomic mass is 10.2. The minimum Gasteiger partial charge on any atom is -0.494 e. The zero-order chi connectivity index (χ0) is 13.0. The molecule has 0 aliphatic rings. The Morgan fingerprint density at radius 1 is 1.28 bits per heavy atom. The molecule has 18 heavy (non-hydrogen) atoms. The molecule has 0 aliphatic carbocycles. The normalized spacial score (nSPS) is 10.2. The number of pyridine rings is 1. The summed E-state index contributed by atoms with van der Waals surface area (Å²) in [6.07, 6.45) is 3.27. The first-order chi connectivity index (χ1) is 8.69. The molecule has 0 amide bonds. The predicted molar refractivity (Wildman–Crippen MR) is 69.2 cm³/mol. The summed E-state index contributed by atoms with van der Waals surface area (Å²) in [5, 5.41) is 0. The van der Waals surface area contributed by atoms with Crippen molar-refractivity contribution in [3.63, 3.8) is 0 Å². The molecule has 0 spiro atoms. The Morgan fingerprint density at radius 2 is 2.11 bits per heavy atom. The minimum absolute atomic E-state index is 0.225. The van der Waals surface area contributed by atoms with E-state index in [0.29, 0.717) is 5.75 Å². The molecule has 0 unspecified atom stereocenters. The third-order valence-electron chi connectivity index (χ3n) is 2.30. The second-order valence-corrected chi connectivity index (χ2v) is 4.51. The summed E-state index contributed by atoms with van der Waals surface area (Å²) in [5.41, 5.74) is 0.730. The summed E-state index contributed by atoms with van der Waals surface area (Å²) in [7, 11) is 1.43. The van der Waals surface area contributed by atoms with E-state index >= 15 is 0 Å². The van der Waals surface area contributed by atoms with Crippen LogP contribution in [0.4, 0.5) is 4.39 Å². The monoisotopic (exact) mass is 311 g/mol. The number of benzene rings is 1. The van der Waals surface area contributed by atoms with Crippen LogP contribution < -0.4 is 9.47 Å². The maximum Gasteiger partial charge on any atom is 0.165 e. The van der Waals surface area contributed by atoms with Gasteiger partial charge in [0.15, 0.2) is 11.6 Å². The smallest absolute Gasteiger partial charge is 0.165 e. The van der Waals surface area contributed by atoms with E-state index in [9.17, 15) is 4.39 Å². The van der Waals surface area contributed by atoms with Gasteiger partial charge < -0.3 is 9.47 Å². The number of halogens is 2. The second kappa shape index (κ2) is 5.82. The molecule has 1 heterocycles. The highest BCUT2D eigenvalue weighted by Gasteiger charge is 2.04.